The van der Waals surface area contributed by atoms with E-state index >= 15 is 0 Å². The van der Waals surface area contributed by atoms with E-state index in [0.717, 1.165) is 25.7 Å². The van der Waals surface area contributed by atoms with E-state index in [9.17, 15) is 9.18 Å². The molecule has 6 heteroatoms. The molecule has 0 bridgehead atoms. The van der Waals surface area contributed by atoms with Gasteiger partial charge in [-0.05, 0) is 31.0 Å². The van der Waals surface area contributed by atoms with Gasteiger partial charge in [-0.1, -0.05) is 25.3 Å². The van der Waals surface area contributed by atoms with Crippen LogP contribution in [0, 0.1) is 5.82 Å². The van der Waals surface area contributed by atoms with Gasteiger partial charge in [0.2, 0.25) is 5.95 Å². The number of carbonyl (C=O) groups is 1. The Bertz CT molecular complexity index is 669. The molecule has 0 saturated heterocycles. The number of halogens is 1. The quantitative estimate of drug-likeness (QED) is 0.907. The maximum Gasteiger partial charge on any atom is 0.254 e. The van der Waals surface area contributed by atoms with E-state index in [-0.39, 0.29) is 17.8 Å². The van der Waals surface area contributed by atoms with Gasteiger partial charge in [0.15, 0.2) is 0 Å². The summed E-state index contributed by atoms with van der Waals surface area (Å²) >= 11 is 0. The molecule has 1 aliphatic carbocycles. The molecule has 0 unspecified atom stereocenters. The van der Waals surface area contributed by atoms with Crippen molar-refractivity contribution < 1.29 is 9.18 Å². The zero-order chi connectivity index (χ0) is 16.1. The van der Waals surface area contributed by atoms with Crippen LogP contribution in [0.2, 0.25) is 0 Å². The van der Waals surface area contributed by atoms with Gasteiger partial charge >= 0.3 is 0 Å². The average molecular weight is 314 g/mol. The highest BCUT2D eigenvalue weighted by Gasteiger charge is 2.17. The topological polar surface area (TPSA) is 66.9 Å². The van der Waals surface area contributed by atoms with E-state index in [1.54, 1.807) is 12.1 Å². The molecule has 1 aliphatic rings. The van der Waals surface area contributed by atoms with Crippen molar-refractivity contribution in [2.45, 2.75) is 38.1 Å². The van der Waals surface area contributed by atoms with Crippen LogP contribution >= 0.6 is 0 Å². The van der Waals surface area contributed by atoms with Crippen molar-refractivity contribution >= 4 is 17.5 Å². The Kier molecular flexibility index (Phi) is 4.80. The summed E-state index contributed by atoms with van der Waals surface area (Å²) in [5.41, 5.74) is 0.991. The third-order valence-electron chi connectivity index (χ3n) is 3.94. The number of rotatable bonds is 4. The smallest absolute Gasteiger partial charge is 0.254 e. The van der Waals surface area contributed by atoms with Gasteiger partial charge in [0, 0.05) is 24.1 Å². The number of anilines is 2. The van der Waals surface area contributed by atoms with Gasteiger partial charge in [0.1, 0.15) is 5.82 Å². The summed E-state index contributed by atoms with van der Waals surface area (Å²) in [4.78, 5) is 20.4. The number of carbonyl (C=O) groups excluding carboxylic acids is 1. The standard InChI is InChI=1S/C17H19FN4O/c18-13-5-4-8-15(9-13)22-17-19-10-12(11-20-17)16(23)21-14-6-2-1-3-7-14/h4-5,8-11,14H,1-3,6-7H2,(H,21,23)(H,19,20,22). The van der Waals surface area contributed by atoms with Crippen molar-refractivity contribution in [3.05, 3.63) is 48.0 Å². The Balaban J connectivity index is 1.61. The van der Waals surface area contributed by atoms with Gasteiger partial charge in [0.25, 0.3) is 5.91 Å². The molecule has 23 heavy (non-hydrogen) atoms. The lowest BCUT2D eigenvalue weighted by Crippen LogP contribution is -2.36. The van der Waals surface area contributed by atoms with Crippen LogP contribution in [0.15, 0.2) is 36.7 Å². The monoisotopic (exact) mass is 314 g/mol. The minimum Gasteiger partial charge on any atom is -0.349 e. The van der Waals surface area contributed by atoms with Gasteiger partial charge in [-0.2, -0.15) is 0 Å². The fraction of sp³-hybridized carbons (Fsp3) is 0.353. The first-order chi connectivity index (χ1) is 11.2. The van der Waals surface area contributed by atoms with Crippen LogP contribution in [0.3, 0.4) is 0 Å². The van der Waals surface area contributed by atoms with Gasteiger partial charge < -0.3 is 10.6 Å². The molecular weight excluding hydrogens is 295 g/mol. The number of aromatic nitrogens is 2. The van der Waals surface area contributed by atoms with E-state index in [2.05, 4.69) is 20.6 Å². The Morgan fingerprint density at radius 3 is 2.57 bits per heavy atom. The lowest BCUT2D eigenvalue weighted by molar-refractivity contribution is 0.0927. The highest BCUT2D eigenvalue weighted by Crippen LogP contribution is 2.18. The number of benzene rings is 1. The van der Waals surface area contributed by atoms with E-state index < -0.39 is 0 Å². The zero-order valence-corrected chi connectivity index (χ0v) is 12.8. The molecular formula is C17H19FN4O. The third kappa shape index (κ3) is 4.25. The second kappa shape index (κ2) is 7.17. The molecule has 1 aromatic heterocycles. The second-order valence-corrected chi connectivity index (χ2v) is 5.74. The Morgan fingerprint density at radius 1 is 1.13 bits per heavy atom. The Morgan fingerprint density at radius 2 is 1.87 bits per heavy atom. The minimum absolute atomic E-state index is 0.144. The van der Waals surface area contributed by atoms with Crippen molar-refractivity contribution in [3.63, 3.8) is 0 Å². The molecule has 1 fully saturated rings. The van der Waals surface area contributed by atoms with Crippen LogP contribution in [-0.4, -0.2) is 21.9 Å². The van der Waals surface area contributed by atoms with Crippen LogP contribution in [0.4, 0.5) is 16.0 Å². The van der Waals surface area contributed by atoms with Crippen LogP contribution in [-0.2, 0) is 0 Å². The number of nitrogens with one attached hydrogen (secondary N) is 2. The van der Waals surface area contributed by atoms with Crippen molar-refractivity contribution in [3.8, 4) is 0 Å². The lowest BCUT2D eigenvalue weighted by Gasteiger charge is -2.22. The summed E-state index contributed by atoms with van der Waals surface area (Å²) < 4.78 is 13.1. The van der Waals surface area contributed by atoms with Crippen molar-refractivity contribution in [2.75, 3.05) is 5.32 Å². The summed E-state index contributed by atoms with van der Waals surface area (Å²) in [7, 11) is 0. The second-order valence-electron chi connectivity index (χ2n) is 5.74. The predicted molar refractivity (Wildman–Crippen MR) is 86.1 cm³/mol. The first-order valence-corrected chi connectivity index (χ1v) is 7.86. The molecule has 1 aromatic carbocycles. The summed E-state index contributed by atoms with van der Waals surface area (Å²) in [6.07, 6.45) is 8.60. The highest BCUT2D eigenvalue weighted by atomic mass is 19.1. The van der Waals surface area contributed by atoms with Gasteiger partial charge in [-0.25, -0.2) is 14.4 Å². The summed E-state index contributed by atoms with van der Waals surface area (Å²) in [6.45, 7) is 0. The van der Waals surface area contributed by atoms with Crippen molar-refractivity contribution in [1.29, 1.82) is 0 Å². The van der Waals surface area contributed by atoms with Crippen LogP contribution in [0.5, 0.6) is 0 Å². The van der Waals surface area contributed by atoms with E-state index in [1.807, 2.05) is 0 Å². The SMILES string of the molecule is O=C(NC1CCCCC1)c1cnc(Nc2cccc(F)c2)nc1. The maximum atomic E-state index is 13.1. The molecule has 0 radical (unpaired) electrons. The molecule has 5 nitrogen and oxygen atoms in total. The molecule has 2 N–H and O–H groups in total. The van der Waals surface area contributed by atoms with Crippen molar-refractivity contribution in [2.24, 2.45) is 0 Å². The molecule has 1 heterocycles. The molecule has 120 valence electrons. The number of hydrogen-bond acceptors (Lipinski definition) is 4. The Hall–Kier alpha value is -2.50. The van der Waals surface area contributed by atoms with Gasteiger partial charge in [-0.3, -0.25) is 4.79 Å². The molecule has 1 amide bonds. The van der Waals surface area contributed by atoms with Crippen LogP contribution < -0.4 is 10.6 Å². The molecule has 0 aliphatic heterocycles. The molecule has 0 atom stereocenters. The zero-order valence-electron chi connectivity index (χ0n) is 12.8. The number of amides is 1. The number of hydrogen-bond donors (Lipinski definition) is 2. The molecule has 3 rings (SSSR count). The average Bonchev–Trinajstić information content (AvgIpc) is 2.56. The van der Waals surface area contributed by atoms with Crippen LogP contribution in [0.1, 0.15) is 42.5 Å². The van der Waals surface area contributed by atoms with E-state index in [0.29, 0.717) is 17.2 Å². The van der Waals surface area contributed by atoms with Gasteiger partial charge in [-0.15, -0.1) is 0 Å². The first-order valence-electron chi connectivity index (χ1n) is 7.86. The van der Waals surface area contributed by atoms with E-state index in [4.69, 9.17) is 0 Å². The lowest BCUT2D eigenvalue weighted by atomic mass is 9.95. The molecule has 0 spiro atoms. The number of nitrogens with zero attached hydrogens (tertiary/aromatic N) is 2. The largest absolute Gasteiger partial charge is 0.349 e. The molecule has 1 saturated carbocycles. The maximum absolute atomic E-state index is 13.1. The third-order valence-corrected chi connectivity index (χ3v) is 3.94. The minimum atomic E-state index is -0.335. The van der Waals surface area contributed by atoms with Crippen LogP contribution in [0.25, 0.3) is 0 Å². The highest BCUT2D eigenvalue weighted by molar-refractivity contribution is 5.93. The summed E-state index contributed by atoms with van der Waals surface area (Å²) in [6, 6.07) is 6.29. The normalized spacial score (nSPS) is 15.2. The summed E-state index contributed by atoms with van der Waals surface area (Å²) in [5, 5.41) is 5.92. The fourth-order valence-corrected chi connectivity index (χ4v) is 2.72. The fourth-order valence-electron chi connectivity index (χ4n) is 2.72. The van der Waals surface area contributed by atoms with E-state index in [1.165, 1.54) is 30.9 Å². The summed E-state index contributed by atoms with van der Waals surface area (Å²) in [5.74, 6) is -0.155. The predicted octanol–water partition coefficient (Wildman–Crippen LogP) is 3.42. The van der Waals surface area contributed by atoms with Crippen molar-refractivity contribution in [1.82, 2.24) is 15.3 Å². The Labute approximate surface area is 134 Å². The van der Waals surface area contributed by atoms with Gasteiger partial charge in [0.05, 0.1) is 5.56 Å². The first kappa shape index (κ1) is 15.4. The molecule has 2 aromatic rings.